The lowest BCUT2D eigenvalue weighted by molar-refractivity contribution is 0.111. The van der Waals surface area contributed by atoms with Gasteiger partial charge in [-0.25, -0.2) is 0 Å². The van der Waals surface area contributed by atoms with E-state index in [1.54, 1.807) is 0 Å². The molecule has 0 aliphatic carbocycles. The fourth-order valence-electron chi connectivity index (χ4n) is 2.08. The lowest BCUT2D eigenvalue weighted by atomic mass is 9.98. The van der Waals surface area contributed by atoms with E-state index in [4.69, 9.17) is 4.74 Å². The van der Waals surface area contributed by atoms with Gasteiger partial charge in [0.05, 0.1) is 6.10 Å². The van der Waals surface area contributed by atoms with Crippen LogP contribution in [-0.2, 0) is 11.2 Å². The standard InChI is InChI=1S/C13H18O.C2H6/c1-3-11-7-6-10(2)12(9-11)13-5-4-8-14-13;1-2/h6-7,9,13H,3-5,8H2,1-2H3;1-2H3/t13-;/m0./s1. The van der Waals surface area contributed by atoms with E-state index in [9.17, 15) is 0 Å². The zero-order valence-electron chi connectivity index (χ0n) is 11.0. The van der Waals surface area contributed by atoms with Crippen molar-refractivity contribution in [3.05, 3.63) is 34.9 Å². The summed E-state index contributed by atoms with van der Waals surface area (Å²) in [4.78, 5) is 0. The molecule has 0 radical (unpaired) electrons. The van der Waals surface area contributed by atoms with Gasteiger partial charge in [0, 0.05) is 6.61 Å². The Kier molecular flexibility index (Phi) is 5.54. The molecule has 2 rings (SSSR count). The van der Waals surface area contributed by atoms with Crippen molar-refractivity contribution in [2.45, 2.75) is 53.1 Å². The molecule has 1 atom stereocenters. The Balaban J connectivity index is 0.000000606. The first-order chi connectivity index (χ1) is 7.81. The molecule has 0 unspecified atom stereocenters. The maximum absolute atomic E-state index is 5.72. The number of aryl methyl sites for hydroxylation is 2. The number of hydrogen-bond donors (Lipinski definition) is 0. The van der Waals surface area contributed by atoms with E-state index in [0.29, 0.717) is 6.10 Å². The first-order valence-electron chi connectivity index (χ1n) is 6.52. The number of rotatable bonds is 2. The predicted molar refractivity (Wildman–Crippen MR) is 69.8 cm³/mol. The molecule has 1 aromatic carbocycles. The summed E-state index contributed by atoms with van der Waals surface area (Å²) < 4.78 is 5.72. The highest BCUT2D eigenvalue weighted by Gasteiger charge is 2.19. The molecule has 90 valence electrons. The number of ether oxygens (including phenoxy) is 1. The van der Waals surface area contributed by atoms with E-state index < -0.39 is 0 Å². The largest absolute Gasteiger partial charge is 0.374 e. The topological polar surface area (TPSA) is 9.23 Å². The van der Waals surface area contributed by atoms with Gasteiger partial charge in [0.2, 0.25) is 0 Å². The molecule has 1 aliphatic heterocycles. The molecule has 1 aliphatic rings. The molecule has 0 bridgehead atoms. The highest BCUT2D eigenvalue weighted by atomic mass is 16.5. The lowest BCUT2D eigenvalue weighted by Crippen LogP contribution is -1.99. The van der Waals surface area contributed by atoms with Crippen LogP contribution in [0.5, 0.6) is 0 Å². The highest BCUT2D eigenvalue weighted by molar-refractivity contribution is 5.33. The van der Waals surface area contributed by atoms with Crippen LogP contribution in [0.15, 0.2) is 18.2 Å². The third-order valence-electron chi connectivity index (χ3n) is 3.03. The van der Waals surface area contributed by atoms with Crippen molar-refractivity contribution >= 4 is 0 Å². The number of benzene rings is 1. The van der Waals surface area contributed by atoms with Gasteiger partial charge in [0.1, 0.15) is 0 Å². The molecule has 0 aromatic heterocycles. The van der Waals surface area contributed by atoms with Crippen LogP contribution in [0, 0.1) is 6.92 Å². The molecule has 1 heterocycles. The third kappa shape index (κ3) is 3.08. The summed E-state index contributed by atoms with van der Waals surface area (Å²) >= 11 is 0. The van der Waals surface area contributed by atoms with Gasteiger partial charge < -0.3 is 4.74 Å². The minimum Gasteiger partial charge on any atom is -0.374 e. The third-order valence-corrected chi connectivity index (χ3v) is 3.03. The van der Waals surface area contributed by atoms with Gasteiger partial charge in [0.25, 0.3) is 0 Å². The Hall–Kier alpha value is -0.820. The molecular formula is C15H24O. The number of hydrogen-bond acceptors (Lipinski definition) is 1. The van der Waals surface area contributed by atoms with Crippen LogP contribution in [0.4, 0.5) is 0 Å². The molecule has 0 spiro atoms. The van der Waals surface area contributed by atoms with Crippen molar-refractivity contribution in [1.29, 1.82) is 0 Å². The van der Waals surface area contributed by atoms with E-state index in [1.165, 1.54) is 29.5 Å². The minimum atomic E-state index is 0.362. The fraction of sp³-hybridized carbons (Fsp3) is 0.600. The fourth-order valence-corrected chi connectivity index (χ4v) is 2.08. The monoisotopic (exact) mass is 220 g/mol. The molecule has 1 saturated heterocycles. The molecule has 1 fully saturated rings. The van der Waals surface area contributed by atoms with Crippen molar-refractivity contribution in [3.63, 3.8) is 0 Å². The van der Waals surface area contributed by atoms with Crippen LogP contribution in [0.25, 0.3) is 0 Å². The van der Waals surface area contributed by atoms with Gasteiger partial charge in [-0.1, -0.05) is 39.0 Å². The van der Waals surface area contributed by atoms with Crippen LogP contribution in [0.2, 0.25) is 0 Å². The van der Waals surface area contributed by atoms with Crippen LogP contribution in [0.1, 0.15) is 56.4 Å². The molecule has 1 aromatic rings. The smallest absolute Gasteiger partial charge is 0.0828 e. The van der Waals surface area contributed by atoms with Gasteiger partial charge in [-0.2, -0.15) is 0 Å². The van der Waals surface area contributed by atoms with E-state index in [-0.39, 0.29) is 0 Å². The zero-order chi connectivity index (χ0) is 12.0. The van der Waals surface area contributed by atoms with Crippen molar-refractivity contribution in [2.24, 2.45) is 0 Å². The van der Waals surface area contributed by atoms with E-state index in [0.717, 1.165) is 13.0 Å². The van der Waals surface area contributed by atoms with Crippen molar-refractivity contribution in [2.75, 3.05) is 6.61 Å². The quantitative estimate of drug-likeness (QED) is 0.716. The van der Waals surface area contributed by atoms with Gasteiger partial charge in [-0.05, 0) is 42.9 Å². The lowest BCUT2D eigenvalue weighted by Gasteiger charge is -2.14. The average molecular weight is 220 g/mol. The summed E-state index contributed by atoms with van der Waals surface area (Å²) in [6, 6.07) is 6.74. The van der Waals surface area contributed by atoms with E-state index >= 15 is 0 Å². The summed E-state index contributed by atoms with van der Waals surface area (Å²) in [5.41, 5.74) is 4.19. The molecule has 0 N–H and O–H groups in total. The van der Waals surface area contributed by atoms with Crippen LogP contribution in [-0.4, -0.2) is 6.61 Å². The van der Waals surface area contributed by atoms with Crippen LogP contribution >= 0.6 is 0 Å². The van der Waals surface area contributed by atoms with Gasteiger partial charge in [-0.3, -0.25) is 0 Å². The van der Waals surface area contributed by atoms with E-state index in [2.05, 4.69) is 32.0 Å². The van der Waals surface area contributed by atoms with Gasteiger partial charge in [0.15, 0.2) is 0 Å². The second-order valence-electron chi connectivity index (χ2n) is 4.05. The molecule has 0 saturated carbocycles. The van der Waals surface area contributed by atoms with E-state index in [1.807, 2.05) is 13.8 Å². The molecule has 1 nitrogen and oxygen atoms in total. The first kappa shape index (κ1) is 13.2. The Bertz CT molecular complexity index is 311. The van der Waals surface area contributed by atoms with Crippen LogP contribution in [0.3, 0.4) is 0 Å². The normalized spacial score (nSPS) is 19.1. The molecule has 1 heteroatoms. The van der Waals surface area contributed by atoms with Crippen molar-refractivity contribution in [3.8, 4) is 0 Å². The Labute approximate surface area is 99.8 Å². The summed E-state index contributed by atoms with van der Waals surface area (Å²) in [5, 5.41) is 0. The minimum absolute atomic E-state index is 0.362. The summed E-state index contributed by atoms with van der Waals surface area (Å²) in [6.45, 7) is 9.31. The average Bonchev–Trinajstić information content (AvgIpc) is 2.86. The van der Waals surface area contributed by atoms with Crippen molar-refractivity contribution in [1.82, 2.24) is 0 Å². The maximum Gasteiger partial charge on any atom is 0.0828 e. The second kappa shape index (κ2) is 6.70. The summed E-state index contributed by atoms with van der Waals surface area (Å²) in [6.07, 6.45) is 3.87. The highest BCUT2D eigenvalue weighted by Crippen LogP contribution is 2.31. The molecule has 16 heavy (non-hydrogen) atoms. The Morgan fingerprint density at radius 1 is 1.31 bits per heavy atom. The van der Waals surface area contributed by atoms with Crippen molar-refractivity contribution < 1.29 is 4.74 Å². The molecular weight excluding hydrogens is 196 g/mol. The van der Waals surface area contributed by atoms with Gasteiger partial charge >= 0.3 is 0 Å². The Morgan fingerprint density at radius 3 is 2.62 bits per heavy atom. The summed E-state index contributed by atoms with van der Waals surface area (Å²) in [7, 11) is 0. The zero-order valence-corrected chi connectivity index (χ0v) is 11.0. The second-order valence-corrected chi connectivity index (χ2v) is 4.05. The predicted octanol–water partition coefficient (Wildman–Crippen LogP) is 4.44. The first-order valence-corrected chi connectivity index (χ1v) is 6.52. The Morgan fingerprint density at radius 2 is 2.06 bits per heavy atom. The van der Waals surface area contributed by atoms with Crippen LogP contribution < -0.4 is 0 Å². The summed E-state index contributed by atoms with van der Waals surface area (Å²) in [5.74, 6) is 0. The SMILES string of the molecule is CC.CCc1ccc(C)c([C@@H]2CCCO2)c1. The molecule has 0 amide bonds. The maximum atomic E-state index is 5.72. The van der Waals surface area contributed by atoms with Gasteiger partial charge in [-0.15, -0.1) is 0 Å².